The Morgan fingerprint density at radius 3 is 2.71 bits per heavy atom. The van der Waals surface area contributed by atoms with E-state index < -0.39 is 21.2 Å². The van der Waals surface area contributed by atoms with Gasteiger partial charge >= 0.3 is 0 Å². The van der Waals surface area contributed by atoms with E-state index in [9.17, 15) is 13.2 Å². The fourth-order valence-corrected chi connectivity index (χ4v) is 8.96. The fourth-order valence-electron chi connectivity index (χ4n) is 7.48. The van der Waals surface area contributed by atoms with Crippen molar-refractivity contribution in [2.45, 2.75) is 70.0 Å². The molecule has 2 aliphatic carbocycles. The number of benzene rings is 2. The highest BCUT2D eigenvalue weighted by Crippen LogP contribution is 2.47. The van der Waals surface area contributed by atoms with Crippen LogP contribution in [0, 0.1) is 23.7 Å². The molecule has 0 radical (unpaired) electrons. The SMILES string of the molecule is C[C@@H]1[C@@H](C)C/C=C/[C@H](C)[C@@H]2CC[C@H]2CN2C[C@@]3(CCCc4cc(Cl)ccc43)COc3ccc(cc32)C(=O)NS1(=O)=O. The van der Waals surface area contributed by atoms with E-state index in [1.165, 1.54) is 24.0 Å². The number of fused-ring (bicyclic) bond motifs is 4. The number of anilines is 1. The summed E-state index contributed by atoms with van der Waals surface area (Å²) in [6.45, 7) is 8.11. The van der Waals surface area contributed by atoms with Gasteiger partial charge in [-0.1, -0.05) is 43.7 Å². The highest BCUT2D eigenvalue weighted by atomic mass is 35.5. The molecule has 6 nitrogen and oxygen atoms in total. The molecule has 2 aromatic carbocycles. The maximum atomic E-state index is 13.3. The lowest BCUT2D eigenvalue weighted by Gasteiger charge is -2.46. The van der Waals surface area contributed by atoms with Gasteiger partial charge in [0.25, 0.3) is 5.91 Å². The molecule has 1 saturated carbocycles. The third-order valence-electron chi connectivity index (χ3n) is 10.4. The Morgan fingerprint density at radius 1 is 1.10 bits per heavy atom. The molecule has 0 saturated heterocycles. The first-order valence-electron chi connectivity index (χ1n) is 15.1. The molecule has 0 aromatic heterocycles. The molecule has 0 unspecified atom stereocenters. The molecule has 8 heteroatoms. The van der Waals surface area contributed by atoms with Gasteiger partial charge in [0, 0.05) is 29.1 Å². The zero-order valence-corrected chi connectivity index (χ0v) is 25.8. The monoisotopic (exact) mass is 596 g/mol. The van der Waals surface area contributed by atoms with Gasteiger partial charge in [-0.05, 0) is 111 Å². The van der Waals surface area contributed by atoms with E-state index in [2.05, 4.69) is 40.8 Å². The van der Waals surface area contributed by atoms with Crippen LogP contribution in [0.25, 0.3) is 0 Å². The van der Waals surface area contributed by atoms with E-state index in [0.29, 0.717) is 36.3 Å². The minimum Gasteiger partial charge on any atom is -0.490 e. The van der Waals surface area contributed by atoms with Crippen molar-refractivity contribution in [2.75, 3.05) is 24.6 Å². The number of nitrogens with zero attached hydrogens (tertiary/aromatic N) is 1. The predicted octanol–water partition coefficient (Wildman–Crippen LogP) is 6.52. The first-order valence-corrected chi connectivity index (χ1v) is 17.0. The van der Waals surface area contributed by atoms with Crippen LogP contribution >= 0.6 is 11.6 Å². The van der Waals surface area contributed by atoms with Crippen LogP contribution in [0.3, 0.4) is 0 Å². The Balaban J connectivity index is 1.42. The van der Waals surface area contributed by atoms with Crippen LogP contribution in [0.4, 0.5) is 5.69 Å². The number of carbonyl (C=O) groups excluding carboxylic acids is 1. The zero-order valence-electron chi connectivity index (χ0n) is 24.2. The largest absolute Gasteiger partial charge is 0.490 e. The van der Waals surface area contributed by atoms with Crippen molar-refractivity contribution in [3.05, 3.63) is 70.3 Å². The minimum atomic E-state index is -3.85. The first-order chi connectivity index (χ1) is 19.6. The fraction of sp³-hybridized carbons (Fsp3) is 0.545. The number of halogens is 1. The standard InChI is InChI=1S/C33H41ClN2O4S/c1-21-6-4-7-22(2)28-12-9-26(28)18-36-19-33(15-5-8-24-16-27(34)11-13-29(24)33)20-40-31-14-10-25(17-30(31)36)32(37)35-41(38,39)23(21)3/h4,7,10-11,13-14,16-17,21-23,26,28H,5-6,8-9,12,15,18-20H2,1-3H3,(H,35,37)/b7-4+/t21-,22-,23+,26-,28-,33-/m0/s1. The number of amides is 1. The van der Waals surface area contributed by atoms with Gasteiger partial charge in [0.2, 0.25) is 10.0 Å². The summed E-state index contributed by atoms with van der Waals surface area (Å²) in [6, 6.07) is 11.6. The Hall–Kier alpha value is -2.51. The molecule has 4 aliphatic rings. The summed E-state index contributed by atoms with van der Waals surface area (Å²) in [5.74, 6) is 1.56. The average Bonchev–Trinajstić information content (AvgIpc) is 3.06. The molecular weight excluding hydrogens is 556 g/mol. The highest BCUT2D eigenvalue weighted by molar-refractivity contribution is 7.90. The van der Waals surface area contributed by atoms with Crippen LogP contribution in [-0.4, -0.2) is 39.3 Å². The van der Waals surface area contributed by atoms with Gasteiger partial charge in [-0.25, -0.2) is 13.1 Å². The number of allylic oxidation sites excluding steroid dienone is 2. The Labute approximate surface area is 249 Å². The summed E-state index contributed by atoms with van der Waals surface area (Å²) >= 11 is 6.40. The summed E-state index contributed by atoms with van der Waals surface area (Å²) < 4.78 is 35.3. The maximum absolute atomic E-state index is 13.3. The van der Waals surface area contributed by atoms with Gasteiger partial charge in [0.1, 0.15) is 5.75 Å². The molecule has 220 valence electrons. The van der Waals surface area contributed by atoms with Gasteiger partial charge < -0.3 is 9.64 Å². The van der Waals surface area contributed by atoms with Crippen molar-refractivity contribution in [1.29, 1.82) is 0 Å². The molecule has 41 heavy (non-hydrogen) atoms. The summed E-state index contributed by atoms with van der Waals surface area (Å²) in [7, 11) is -3.85. The van der Waals surface area contributed by atoms with Gasteiger partial charge in [0.05, 0.1) is 17.5 Å². The molecule has 6 rings (SSSR count). The average molecular weight is 597 g/mol. The van der Waals surface area contributed by atoms with Gasteiger partial charge in [-0.2, -0.15) is 0 Å². The summed E-state index contributed by atoms with van der Waals surface area (Å²) in [5, 5.41) is 0.0634. The minimum absolute atomic E-state index is 0.116. The topological polar surface area (TPSA) is 75.7 Å². The number of hydrogen-bond acceptors (Lipinski definition) is 5. The van der Waals surface area contributed by atoms with Crippen molar-refractivity contribution < 1.29 is 17.9 Å². The number of aryl methyl sites for hydroxylation is 1. The number of rotatable bonds is 0. The molecule has 1 amide bonds. The second-order valence-corrected chi connectivity index (χ2v) is 15.4. The number of carbonyl (C=O) groups is 1. The molecule has 2 aromatic rings. The van der Waals surface area contributed by atoms with Crippen molar-refractivity contribution in [3.63, 3.8) is 0 Å². The Morgan fingerprint density at radius 2 is 1.93 bits per heavy atom. The second kappa shape index (κ2) is 11.0. The molecule has 6 atom stereocenters. The zero-order chi connectivity index (χ0) is 28.9. The predicted molar refractivity (Wildman–Crippen MR) is 164 cm³/mol. The smallest absolute Gasteiger partial charge is 0.264 e. The van der Waals surface area contributed by atoms with E-state index in [-0.39, 0.29) is 11.3 Å². The lowest BCUT2D eigenvalue weighted by Crippen LogP contribution is -2.49. The summed E-state index contributed by atoms with van der Waals surface area (Å²) in [6.07, 6.45) is 10.5. The molecule has 2 heterocycles. The third-order valence-corrected chi connectivity index (χ3v) is 12.5. The molecule has 2 bridgehead atoms. The van der Waals surface area contributed by atoms with Crippen LogP contribution < -0.4 is 14.4 Å². The Bertz CT molecular complexity index is 1470. The van der Waals surface area contributed by atoms with Gasteiger partial charge in [-0.15, -0.1) is 0 Å². The Kier molecular flexibility index (Phi) is 7.65. The molecular formula is C33H41ClN2O4S. The number of hydrogen-bond donors (Lipinski definition) is 1. The summed E-state index contributed by atoms with van der Waals surface area (Å²) in [4.78, 5) is 15.8. The third kappa shape index (κ3) is 5.40. The van der Waals surface area contributed by atoms with Crippen LogP contribution in [-0.2, 0) is 21.9 Å². The molecule has 1 fully saturated rings. The number of nitrogens with one attached hydrogen (secondary N) is 1. The van der Waals surface area contributed by atoms with E-state index >= 15 is 0 Å². The van der Waals surface area contributed by atoms with E-state index in [4.69, 9.17) is 16.3 Å². The van der Waals surface area contributed by atoms with Crippen LogP contribution in [0.15, 0.2) is 48.6 Å². The van der Waals surface area contributed by atoms with E-state index in [0.717, 1.165) is 48.8 Å². The lowest BCUT2D eigenvalue weighted by atomic mass is 9.66. The number of sulfonamides is 1. The van der Waals surface area contributed by atoms with E-state index in [1.54, 1.807) is 13.0 Å². The van der Waals surface area contributed by atoms with Crippen LogP contribution in [0.1, 0.15) is 74.4 Å². The van der Waals surface area contributed by atoms with Gasteiger partial charge in [-0.3, -0.25) is 4.79 Å². The van der Waals surface area contributed by atoms with Crippen LogP contribution in [0.2, 0.25) is 5.02 Å². The molecule has 1 spiro atoms. The summed E-state index contributed by atoms with van der Waals surface area (Å²) in [5.41, 5.74) is 3.61. The second-order valence-electron chi connectivity index (χ2n) is 13.0. The molecule has 2 aliphatic heterocycles. The van der Waals surface area contributed by atoms with E-state index in [1.807, 2.05) is 25.1 Å². The van der Waals surface area contributed by atoms with Crippen LogP contribution in [0.5, 0.6) is 5.75 Å². The van der Waals surface area contributed by atoms with Crippen molar-refractivity contribution in [2.24, 2.45) is 23.7 Å². The van der Waals surface area contributed by atoms with Gasteiger partial charge in [0.15, 0.2) is 0 Å². The van der Waals surface area contributed by atoms with Crippen molar-refractivity contribution in [1.82, 2.24) is 4.72 Å². The quantitative estimate of drug-likeness (QED) is 0.351. The molecule has 1 N–H and O–H groups in total. The lowest BCUT2D eigenvalue weighted by molar-refractivity contribution is 0.0981. The normalized spacial score (nSPS) is 33.8. The van der Waals surface area contributed by atoms with Crippen molar-refractivity contribution >= 4 is 33.2 Å². The first kappa shape index (κ1) is 28.6. The van der Waals surface area contributed by atoms with Crippen molar-refractivity contribution in [3.8, 4) is 5.75 Å². The maximum Gasteiger partial charge on any atom is 0.264 e. The highest BCUT2D eigenvalue weighted by Gasteiger charge is 2.44. The number of ether oxygens (including phenoxy) is 1.